The fourth-order valence-corrected chi connectivity index (χ4v) is 4.00. The van der Waals surface area contributed by atoms with Crippen LogP contribution in [0.25, 0.3) is 11.6 Å². The van der Waals surface area contributed by atoms with Crippen molar-refractivity contribution in [2.45, 2.75) is 32.8 Å². The largest absolute Gasteiger partial charge is 0.482 e. The van der Waals surface area contributed by atoms with E-state index in [2.05, 4.69) is 6.08 Å². The molecular weight excluding hydrogens is 454 g/mol. The molecule has 3 aromatic rings. The molecule has 1 aliphatic rings. The topological polar surface area (TPSA) is 72.9 Å². The third-order valence-electron chi connectivity index (χ3n) is 5.63. The summed E-state index contributed by atoms with van der Waals surface area (Å²) in [5, 5.41) is 0. The third kappa shape index (κ3) is 6.08. The molecule has 0 bridgehead atoms. The number of carbonyl (C=O) groups is 3. The number of esters is 1. The molecule has 0 N–H and O–H groups in total. The summed E-state index contributed by atoms with van der Waals surface area (Å²) in [6.45, 7) is 5.51. The molecule has 0 unspecified atom stereocenters. The average Bonchev–Trinajstić information content (AvgIpc) is 3.10. The number of ether oxygens (including phenoxy) is 2. The molecule has 3 aromatic carbocycles. The summed E-state index contributed by atoms with van der Waals surface area (Å²) in [5.41, 5.74) is 3.24. The molecule has 1 aliphatic heterocycles. The zero-order valence-corrected chi connectivity index (χ0v) is 20.7. The number of hydrogen-bond donors (Lipinski definition) is 0. The number of rotatable bonds is 8. The van der Waals surface area contributed by atoms with Crippen LogP contribution in [-0.2, 0) is 9.53 Å². The van der Waals surface area contributed by atoms with Gasteiger partial charge in [-0.25, -0.2) is 4.79 Å². The second kappa shape index (κ2) is 10.6. The summed E-state index contributed by atoms with van der Waals surface area (Å²) in [7, 11) is 0. The Morgan fingerprint density at radius 2 is 1.42 bits per heavy atom. The molecule has 0 aromatic heterocycles. The molecule has 0 atom stereocenters. The zero-order chi connectivity index (χ0) is 25.7. The van der Waals surface area contributed by atoms with Crippen LogP contribution in [0.2, 0.25) is 0 Å². The second-order valence-electron chi connectivity index (χ2n) is 9.54. The number of nitrogens with zero attached hydrogens (tertiary/aromatic N) is 1. The smallest absolute Gasteiger partial charge is 0.344 e. The Kier molecular flexibility index (Phi) is 7.34. The van der Waals surface area contributed by atoms with E-state index in [1.807, 2.05) is 63.2 Å². The van der Waals surface area contributed by atoms with Gasteiger partial charge in [0.05, 0.1) is 11.1 Å². The molecule has 184 valence electrons. The van der Waals surface area contributed by atoms with Crippen LogP contribution in [0, 0.1) is 0 Å². The van der Waals surface area contributed by atoms with Crippen molar-refractivity contribution in [3.05, 3.63) is 101 Å². The lowest BCUT2D eigenvalue weighted by atomic mass is 9.99. The van der Waals surface area contributed by atoms with Crippen molar-refractivity contribution in [3.63, 3.8) is 0 Å². The quantitative estimate of drug-likeness (QED) is 0.236. The van der Waals surface area contributed by atoms with Crippen molar-refractivity contribution < 1.29 is 23.9 Å². The summed E-state index contributed by atoms with van der Waals surface area (Å²) in [6.07, 6.45) is 2.53. The Balaban J connectivity index is 1.49. The first kappa shape index (κ1) is 24.9. The van der Waals surface area contributed by atoms with E-state index < -0.39 is 11.6 Å². The standard InChI is InChI=1S/C30H29NO5/c1-30(2,3)36-27(32)20-35-24-15-13-22(14-16-24)23(19-21-9-5-4-6-10-21)17-18-31-28(33)25-11-7-8-12-26(25)29(31)34/h4-16,19H,17-18,20H2,1-3H3/b23-19+. The van der Waals surface area contributed by atoms with Gasteiger partial charge >= 0.3 is 5.97 Å². The van der Waals surface area contributed by atoms with Gasteiger partial charge in [-0.05, 0) is 68.2 Å². The van der Waals surface area contributed by atoms with Crippen molar-refractivity contribution in [2.75, 3.05) is 13.2 Å². The van der Waals surface area contributed by atoms with Gasteiger partial charge in [0.25, 0.3) is 11.8 Å². The van der Waals surface area contributed by atoms with Crippen LogP contribution in [0.1, 0.15) is 59.0 Å². The van der Waals surface area contributed by atoms with Gasteiger partial charge in [0.15, 0.2) is 6.61 Å². The van der Waals surface area contributed by atoms with Gasteiger partial charge in [0, 0.05) is 6.54 Å². The maximum atomic E-state index is 12.8. The summed E-state index contributed by atoms with van der Waals surface area (Å²) < 4.78 is 10.9. The first-order chi connectivity index (χ1) is 17.2. The fourth-order valence-electron chi connectivity index (χ4n) is 4.00. The van der Waals surface area contributed by atoms with Crippen LogP contribution in [0.4, 0.5) is 0 Å². The van der Waals surface area contributed by atoms with E-state index in [-0.39, 0.29) is 25.0 Å². The zero-order valence-electron chi connectivity index (χ0n) is 20.7. The van der Waals surface area contributed by atoms with Crippen LogP contribution < -0.4 is 4.74 Å². The predicted octanol–water partition coefficient (Wildman–Crippen LogP) is 5.63. The Bertz CT molecular complexity index is 1250. The Labute approximate surface area is 211 Å². The fraction of sp³-hybridized carbons (Fsp3) is 0.233. The van der Waals surface area contributed by atoms with Gasteiger partial charge in [-0.3, -0.25) is 14.5 Å². The van der Waals surface area contributed by atoms with E-state index in [1.54, 1.807) is 36.4 Å². The van der Waals surface area contributed by atoms with Crippen molar-refractivity contribution in [1.82, 2.24) is 4.90 Å². The van der Waals surface area contributed by atoms with E-state index in [0.29, 0.717) is 23.3 Å². The Morgan fingerprint density at radius 1 is 0.833 bits per heavy atom. The van der Waals surface area contributed by atoms with Gasteiger partial charge in [-0.1, -0.05) is 60.7 Å². The molecule has 1 heterocycles. The molecule has 0 fully saturated rings. The molecule has 36 heavy (non-hydrogen) atoms. The van der Waals surface area contributed by atoms with E-state index in [1.165, 1.54) is 4.90 Å². The van der Waals surface area contributed by atoms with Gasteiger partial charge < -0.3 is 9.47 Å². The number of imide groups is 1. The molecular formula is C30H29NO5. The number of fused-ring (bicyclic) bond motifs is 1. The lowest BCUT2D eigenvalue weighted by Gasteiger charge is -2.19. The number of carbonyl (C=O) groups excluding carboxylic acids is 3. The number of benzene rings is 3. The van der Waals surface area contributed by atoms with Crippen LogP contribution in [0.5, 0.6) is 5.75 Å². The van der Waals surface area contributed by atoms with Crippen molar-refractivity contribution in [3.8, 4) is 5.75 Å². The van der Waals surface area contributed by atoms with E-state index in [9.17, 15) is 14.4 Å². The van der Waals surface area contributed by atoms with Crippen LogP contribution >= 0.6 is 0 Å². The number of amides is 2. The summed E-state index contributed by atoms with van der Waals surface area (Å²) >= 11 is 0. The minimum atomic E-state index is -0.569. The lowest BCUT2D eigenvalue weighted by molar-refractivity contribution is -0.157. The lowest BCUT2D eigenvalue weighted by Crippen LogP contribution is -2.30. The van der Waals surface area contributed by atoms with E-state index in [0.717, 1.165) is 16.7 Å². The predicted molar refractivity (Wildman–Crippen MR) is 139 cm³/mol. The third-order valence-corrected chi connectivity index (χ3v) is 5.63. The molecule has 2 amide bonds. The highest BCUT2D eigenvalue weighted by Crippen LogP contribution is 2.28. The van der Waals surface area contributed by atoms with Crippen molar-refractivity contribution in [1.29, 1.82) is 0 Å². The highest BCUT2D eigenvalue weighted by Gasteiger charge is 2.34. The molecule has 4 rings (SSSR count). The molecule has 0 aliphatic carbocycles. The van der Waals surface area contributed by atoms with Gasteiger partial charge in [-0.2, -0.15) is 0 Å². The van der Waals surface area contributed by atoms with Crippen LogP contribution in [0.15, 0.2) is 78.9 Å². The van der Waals surface area contributed by atoms with Crippen LogP contribution in [-0.4, -0.2) is 41.4 Å². The molecule has 6 heteroatoms. The number of hydrogen-bond acceptors (Lipinski definition) is 5. The van der Waals surface area contributed by atoms with E-state index >= 15 is 0 Å². The normalized spacial score (nSPS) is 13.5. The van der Waals surface area contributed by atoms with Crippen molar-refractivity contribution in [2.24, 2.45) is 0 Å². The monoisotopic (exact) mass is 483 g/mol. The summed E-state index contributed by atoms with van der Waals surface area (Å²) in [6, 6.07) is 24.2. The molecule has 0 saturated heterocycles. The highest BCUT2D eigenvalue weighted by molar-refractivity contribution is 6.21. The van der Waals surface area contributed by atoms with Gasteiger partial charge in [0.1, 0.15) is 11.4 Å². The SMILES string of the molecule is CC(C)(C)OC(=O)COc1ccc(/C(=C/c2ccccc2)CCN2C(=O)c3ccccc3C2=O)cc1. The second-order valence-corrected chi connectivity index (χ2v) is 9.54. The van der Waals surface area contributed by atoms with Crippen molar-refractivity contribution >= 4 is 29.4 Å². The average molecular weight is 484 g/mol. The van der Waals surface area contributed by atoms with Gasteiger partial charge in [0.2, 0.25) is 0 Å². The summed E-state index contributed by atoms with van der Waals surface area (Å²) in [5.74, 6) is -0.415. The first-order valence-corrected chi connectivity index (χ1v) is 11.9. The molecule has 6 nitrogen and oxygen atoms in total. The maximum Gasteiger partial charge on any atom is 0.344 e. The van der Waals surface area contributed by atoms with Gasteiger partial charge in [-0.15, -0.1) is 0 Å². The Hall–Kier alpha value is -4.19. The van der Waals surface area contributed by atoms with E-state index in [4.69, 9.17) is 9.47 Å². The highest BCUT2D eigenvalue weighted by atomic mass is 16.6. The first-order valence-electron chi connectivity index (χ1n) is 11.9. The van der Waals surface area contributed by atoms with Crippen LogP contribution in [0.3, 0.4) is 0 Å². The maximum absolute atomic E-state index is 12.8. The molecule has 0 saturated carbocycles. The molecule has 0 radical (unpaired) electrons. The Morgan fingerprint density at radius 3 is 2.00 bits per heavy atom. The molecule has 0 spiro atoms. The summed E-state index contributed by atoms with van der Waals surface area (Å²) in [4.78, 5) is 38.9. The minimum absolute atomic E-state index is 0.178. The minimum Gasteiger partial charge on any atom is -0.482 e.